The van der Waals surface area contributed by atoms with Gasteiger partial charge in [0.25, 0.3) is 0 Å². The molecule has 0 heteroatoms. The van der Waals surface area contributed by atoms with Gasteiger partial charge in [0.1, 0.15) is 0 Å². The first kappa shape index (κ1) is 18.4. The van der Waals surface area contributed by atoms with Crippen LogP contribution in [-0.2, 0) is 0 Å². The molecule has 16 heavy (non-hydrogen) atoms. The zero-order valence-electron chi connectivity index (χ0n) is 12.6. The average Bonchev–Trinajstić information content (AvgIpc) is 2.30. The van der Waals surface area contributed by atoms with Crippen molar-refractivity contribution in [3.63, 3.8) is 0 Å². The molecule has 0 rings (SSSR count). The predicted octanol–water partition coefficient (Wildman–Crippen LogP) is 6.59. The van der Waals surface area contributed by atoms with Gasteiger partial charge in [0.15, 0.2) is 0 Å². The third-order valence-corrected chi connectivity index (χ3v) is 3.11. The van der Waals surface area contributed by atoms with Crippen molar-refractivity contribution in [2.24, 2.45) is 5.92 Å². The SMILES string of the molecule is CCCC.CCCCCC(CCC)CCC. The Morgan fingerprint density at radius 2 is 1.00 bits per heavy atom. The Labute approximate surface area is 105 Å². The van der Waals surface area contributed by atoms with Crippen molar-refractivity contribution >= 4 is 0 Å². The van der Waals surface area contributed by atoms with E-state index in [2.05, 4.69) is 34.6 Å². The highest BCUT2D eigenvalue weighted by atomic mass is 14.1. The molecule has 0 fully saturated rings. The minimum Gasteiger partial charge on any atom is -0.0654 e. The molecule has 0 aromatic heterocycles. The highest BCUT2D eigenvalue weighted by Crippen LogP contribution is 2.20. The van der Waals surface area contributed by atoms with Gasteiger partial charge in [-0.3, -0.25) is 0 Å². The van der Waals surface area contributed by atoms with Crippen molar-refractivity contribution in [3.8, 4) is 0 Å². The van der Waals surface area contributed by atoms with Crippen LogP contribution in [0.3, 0.4) is 0 Å². The van der Waals surface area contributed by atoms with Crippen molar-refractivity contribution in [2.75, 3.05) is 0 Å². The Hall–Kier alpha value is 0. The van der Waals surface area contributed by atoms with Gasteiger partial charge in [-0.25, -0.2) is 0 Å². The van der Waals surface area contributed by atoms with E-state index in [1.54, 1.807) is 0 Å². The van der Waals surface area contributed by atoms with Crippen molar-refractivity contribution in [1.29, 1.82) is 0 Å². The molecule has 0 aromatic carbocycles. The lowest BCUT2D eigenvalue weighted by Crippen LogP contribution is -1.99. The van der Waals surface area contributed by atoms with Crippen molar-refractivity contribution < 1.29 is 0 Å². The molecular formula is C16H36. The van der Waals surface area contributed by atoms with E-state index in [4.69, 9.17) is 0 Å². The number of hydrogen-bond donors (Lipinski definition) is 0. The molecular weight excluding hydrogens is 192 g/mol. The molecule has 0 aromatic rings. The van der Waals surface area contributed by atoms with Crippen molar-refractivity contribution in [3.05, 3.63) is 0 Å². The molecule has 0 nitrogen and oxygen atoms in total. The first-order valence-electron chi connectivity index (χ1n) is 7.76. The zero-order valence-corrected chi connectivity index (χ0v) is 12.6. The van der Waals surface area contributed by atoms with Crippen LogP contribution in [0.1, 0.15) is 98.8 Å². The van der Waals surface area contributed by atoms with E-state index < -0.39 is 0 Å². The second-order valence-corrected chi connectivity index (χ2v) is 4.94. The van der Waals surface area contributed by atoms with Crippen LogP contribution in [0.25, 0.3) is 0 Å². The van der Waals surface area contributed by atoms with Crippen LogP contribution >= 0.6 is 0 Å². The molecule has 0 aliphatic rings. The molecule has 0 aliphatic heterocycles. The standard InChI is InChI=1S/C12H26.C4H10/c1-4-7-8-11-12(9-5-2)10-6-3;1-3-4-2/h12H,4-11H2,1-3H3;3-4H2,1-2H3. The molecule has 0 unspecified atom stereocenters. The second-order valence-electron chi connectivity index (χ2n) is 4.94. The lowest BCUT2D eigenvalue weighted by Gasteiger charge is -2.14. The van der Waals surface area contributed by atoms with Crippen LogP contribution in [0, 0.1) is 5.92 Å². The molecule has 0 atom stereocenters. The Bertz CT molecular complexity index is 88.2. The van der Waals surface area contributed by atoms with Crippen LogP contribution in [0.15, 0.2) is 0 Å². The third kappa shape index (κ3) is 16.4. The van der Waals surface area contributed by atoms with E-state index in [0.29, 0.717) is 0 Å². The summed E-state index contributed by atoms with van der Waals surface area (Å²) in [6, 6.07) is 0. The lowest BCUT2D eigenvalue weighted by molar-refractivity contribution is 0.394. The van der Waals surface area contributed by atoms with Crippen LogP contribution in [0.2, 0.25) is 0 Å². The van der Waals surface area contributed by atoms with Crippen LogP contribution < -0.4 is 0 Å². The lowest BCUT2D eigenvalue weighted by atomic mass is 9.92. The Morgan fingerprint density at radius 3 is 1.31 bits per heavy atom. The van der Waals surface area contributed by atoms with E-state index in [-0.39, 0.29) is 0 Å². The van der Waals surface area contributed by atoms with Crippen LogP contribution in [0.5, 0.6) is 0 Å². The highest BCUT2D eigenvalue weighted by molar-refractivity contribution is 4.58. The number of unbranched alkanes of at least 4 members (excludes halogenated alkanes) is 3. The van der Waals surface area contributed by atoms with Crippen LogP contribution in [0.4, 0.5) is 0 Å². The molecule has 0 spiro atoms. The summed E-state index contributed by atoms with van der Waals surface area (Å²) in [4.78, 5) is 0. The fraction of sp³-hybridized carbons (Fsp3) is 1.00. The van der Waals surface area contributed by atoms with Gasteiger partial charge in [-0.05, 0) is 5.92 Å². The summed E-state index contributed by atoms with van der Waals surface area (Å²) in [5.41, 5.74) is 0. The molecule has 0 saturated heterocycles. The molecule has 0 heterocycles. The summed E-state index contributed by atoms with van der Waals surface area (Å²) >= 11 is 0. The van der Waals surface area contributed by atoms with E-state index in [1.165, 1.54) is 64.2 Å². The van der Waals surface area contributed by atoms with Gasteiger partial charge in [0.05, 0.1) is 0 Å². The van der Waals surface area contributed by atoms with Gasteiger partial charge < -0.3 is 0 Å². The van der Waals surface area contributed by atoms with E-state index in [0.717, 1.165) is 5.92 Å². The van der Waals surface area contributed by atoms with Crippen molar-refractivity contribution in [2.45, 2.75) is 98.8 Å². The molecule has 0 radical (unpaired) electrons. The minimum absolute atomic E-state index is 1.03. The molecule has 0 amide bonds. The van der Waals surface area contributed by atoms with E-state index >= 15 is 0 Å². The quantitative estimate of drug-likeness (QED) is 0.390. The van der Waals surface area contributed by atoms with Gasteiger partial charge in [-0.15, -0.1) is 0 Å². The second kappa shape index (κ2) is 17.4. The first-order valence-corrected chi connectivity index (χ1v) is 7.76. The van der Waals surface area contributed by atoms with Crippen LogP contribution in [-0.4, -0.2) is 0 Å². The molecule has 0 bridgehead atoms. The Morgan fingerprint density at radius 1 is 0.500 bits per heavy atom. The van der Waals surface area contributed by atoms with E-state index in [1.807, 2.05) is 0 Å². The van der Waals surface area contributed by atoms with Gasteiger partial charge in [-0.2, -0.15) is 0 Å². The summed E-state index contributed by atoms with van der Waals surface area (Å²) in [6.45, 7) is 11.3. The molecule has 0 saturated carbocycles. The predicted molar refractivity (Wildman–Crippen MR) is 78.0 cm³/mol. The summed E-state index contributed by atoms with van der Waals surface area (Å²) in [5, 5.41) is 0. The molecule has 0 N–H and O–H groups in total. The Kier molecular flexibility index (Phi) is 20.0. The fourth-order valence-corrected chi connectivity index (χ4v) is 1.93. The van der Waals surface area contributed by atoms with Gasteiger partial charge in [-0.1, -0.05) is 98.8 Å². The molecule has 100 valence electrons. The highest BCUT2D eigenvalue weighted by Gasteiger charge is 2.05. The van der Waals surface area contributed by atoms with Gasteiger partial charge >= 0.3 is 0 Å². The number of rotatable bonds is 9. The smallest absolute Gasteiger partial charge is 0.0414 e. The topological polar surface area (TPSA) is 0 Å². The largest absolute Gasteiger partial charge is 0.0654 e. The summed E-state index contributed by atoms with van der Waals surface area (Å²) in [6.07, 6.45) is 14.0. The van der Waals surface area contributed by atoms with Gasteiger partial charge in [0, 0.05) is 0 Å². The fourth-order valence-electron chi connectivity index (χ4n) is 1.93. The maximum atomic E-state index is 2.31. The molecule has 0 aliphatic carbocycles. The zero-order chi connectivity index (χ0) is 12.6. The average molecular weight is 228 g/mol. The Balaban J connectivity index is 0. The monoisotopic (exact) mass is 228 g/mol. The first-order chi connectivity index (χ1) is 7.76. The van der Waals surface area contributed by atoms with E-state index in [9.17, 15) is 0 Å². The maximum absolute atomic E-state index is 2.31. The minimum atomic E-state index is 1.03. The third-order valence-electron chi connectivity index (χ3n) is 3.11. The maximum Gasteiger partial charge on any atom is -0.0414 e. The van der Waals surface area contributed by atoms with Gasteiger partial charge in [0.2, 0.25) is 0 Å². The summed E-state index contributed by atoms with van der Waals surface area (Å²) < 4.78 is 0. The number of hydrogen-bond acceptors (Lipinski definition) is 0. The summed E-state index contributed by atoms with van der Waals surface area (Å²) in [7, 11) is 0. The summed E-state index contributed by atoms with van der Waals surface area (Å²) in [5.74, 6) is 1.03. The van der Waals surface area contributed by atoms with Crippen molar-refractivity contribution in [1.82, 2.24) is 0 Å². The normalized spacial score (nSPS) is 10.1.